The molecule has 0 saturated carbocycles. The Balaban J connectivity index is 1.54. The van der Waals surface area contributed by atoms with E-state index in [1.54, 1.807) is 0 Å². The molecule has 1 atom stereocenters. The molecule has 0 aliphatic rings. The summed E-state index contributed by atoms with van der Waals surface area (Å²) in [6, 6.07) is 28.0. The maximum atomic E-state index is 11.7. The number of hydrogen-bond donors (Lipinski definition) is 2. The van der Waals surface area contributed by atoms with E-state index in [1.165, 1.54) is 43.6 Å². The van der Waals surface area contributed by atoms with Gasteiger partial charge in [-0.2, -0.15) is 0 Å². The van der Waals surface area contributed by atoms with Crippen LogP contribution in [-0.4, -0.2) is 21.3 Å². The monoisotopic (exact) mass is 450 g/mol. The third-order valence-corrected chi connectivity index (χ3v) is 7.68. The van der Waals surface area contributed by atoms with Crippen LogP contribution < -0.4 is 5.32 Å². The molecule has 3 nitrogen and oxygen atoms in total. The van der Waals surface area contributed by atoms with Crippen LogP contribution >= 0.6 is 0 Å². The number of aliphatic hydroxyl groups is 1. The first-order chi connectivity index (χ1) is 16.5. The molecule has 1 aromatic heterocycles. The summed E-state index contributed by atoms with van der Waals surface area (Å²) in [7, 11) is 2.10. The van der Waals surface area contributed by atoms with Crippen molar-refractivity contribution < 1.29 is 5.11 Å². The number of rotatable bonds is 8. The molecule has 0 fully saturated rings. The summed E-state index contributed by atoms with van der Waals surface area (Å²) in [6.07, 6.45) is 4.42. The Bertz CT molecular complexity index is 1390. The van der Waals surface area contributed by atoms with Gasteiger partial charge in [-0.15, -0.1) is 0 Å². The second-order valence-corrected chi connectivity index (χ2v) is 9.53. The molecular weight excluding hydrogens is 416 g/mol. The average molecular weight is 451 g/mol. The number of benzene rings is 4. The first-order valence-electron chi connectivity index (χ1n) is 12.4. The summed E-state index contributed by atoms with van der Waals surface area (Å²) in [5, 5.41) is 21.8. The van der Waals surface area contributed by atoms with Gasteiger partial charge in [-0.25, -0.2) is 0 Å². The third kappa shape index (κ3) is 4.00. The molecule has 0 saturated heterocycles. The standard InChI is InChI=1S/C31H34N2O/c1-4-31(34,5-2)30(19-24-21-33(3)29-17-11-10-16-27(24)29)32-20-28-25-14-8-6-12-22(25)18-23-13-7-9-15-26(23)28/h6-18,21,30,32,34H,4-5,19-20H2,1-3H3/t30-/m0/s1. The lowest BCUT2D eigenvalue weighted by atomic mass is 9.84. The van der Waals surface area contributed by atoms with Crippen molar-refractivity contribution in [3.8, 4) is 0 Å². The van der Waals surface area contributed by atoms with Gasteiger partial charge in [0.25, 0.3) is 0 Å². The lowest BCUT2D eigenvalue weighted by Gasteiger charge is -2.36. The maximum Gasteiger partial charge on any atom is 0.0798 e. The highest BCUT2D eigenvalue weighted by Gasteiger charge is 2.34. The molecule has 0 unspecified atom stereocenters. The van der Waals surface area contributed by atoms with Crippen molar-refractivity contribution in [3.05, 3.63) is 96.2 Å². The second-order valence-electron chi connectivity index (χ2n) is 9.53. The van der Waals surface area contributed by atoms with E-state index in [-0.39, 0.29) is 6.04 Å². The van der Waals surface area contributed by atoms with Gasteiger partial charge in [0, 0.05) is 36.7 Å². The first kappa shape index (κ1) is 22.6. The molecule has 2 N–H and O–H groups in total. The molecule has 0 spiro atoms. The number of nitrogens with zero attached hydrogens (tertiary/aromatic N) is 1. The molecule has 0 radical (unpaired) electrons. The number of fused-ring (bicyclic) bond motifs is 3. The first-order valence-corrected chi connectivity index (χ1v) is 12.4. The molecule has 0 aliphatic carbocycles. The van der Waals surface area contributed by atoms with Gasteiger partial charge in [-0.1, -0.05) is 80.6 Å². The quantitative estimate of drug-likeness (QED) is 0.257. The fourth-order valence-electron chi connectivity index (χ4n) is 5.53. The predicted molar refractivity (Wildman–Crippen MR) is 144 cm³/mol. The molecule has 0 bridgehead atoms. The summed E-state index contributed by atoms with van der Waals surface area (Å²) in [5.41, 5.74) is 3.02. The molecule has 34 heavy (non-hydrogen) atoms. The van der Waals surface area contributed by atoms with E-state index in [0.717, 1.165) is 6.42 Å². The van der Waals surface area contributed by atoms with E-state index in [2.05, 4.69) is 116 Å². The Morgan fingerprint density at radius 3 is 2.00 bits per heavy atom. The molecule has 0 amide bonds. The van der Waals surface area contributed by atoms with Crippen LogP contribution in [0.15, 0.2) is 85.1 Å². The molecule has 0 aliphatic heterocycles. The summed E-state index contributed by atoms with van der Waals surface area (Å²) >= 11 is 0. The fraction of sp³-hybridized carbons (Fsp3) is 0.290. The van der Waals surface area contributed by atoms with Crippen molar-refractivity contribution >= 4 is 32.4 Å². The van der Waals surface area contributed by atoms with E-state index < -0.39 is 5.60 Å². The number of aryl methyl sites for hydroxylation is 1. The minimum absolute atomic E-state index is 0.0639. The van der Waals surface area contributed by atoms with Gasteiger partial charge in [-0.05, 0) is 64.1 Å². The summed E-state index contributed by atoms with van der Waals surface area (Å²) < 4.78 is 2.19. The van der Waals surface area contributed by atoms with Crippen LogP contribution in [0.25, 0.3) is 32.4 Å². The Kier molecular flexibility index (Phi) is 6.16. The zero-order valence-electron chi connectivity index (χ0n) is 20.4. The Morgan fingerprint density at radius 2 is 1.38 bits per heavy atom. The number of para-hydroxylation sites is 1. The predicted octanol–water partition coefficient (Wildman–Crippen LogP) is 6.74. The Hall–Kier alpha value is -3.14. The summed E-state index contributed by atoms with van der Waals surface area (Å²) in [5.74, 6) is 0. The van der Waals surface area contributed by atoms with Gasteiger partial charge in [0.15, 0.2) is 0 Å². The smallest absolute Gasteiger partial charge is 0.0798 e. The van der Waals surface area contributed by atoms with Crippen molar-refractivity contribution in [1.82, 2.24) is 9.88 Å². The topological polar surface area (TPSA) is 37.2 Å². The van der Waals surface area contributed by atoms with E-state index in [9.17, 15) is 5.11 Å². The lowest BCUT2D eigenvalue weighted by molar-refractivity contribution is -0.00640. The van der Waals surface area contributed by atoms with Crippen LogP contribution in [0.2, 0.25) is 0 Å². The van der Waals surface area contributed by atoms with Crippen molar-refractivity contribution in [2.75, 3.05) is 0 Å². The van der Waals surface area contributed by atoms with Gasteiger partial charge >= 0.3 is 0 Å². The van der Waals surface area contributed by atoms with Crippen LogP contribution in [0, 0.1) is 0 Å². The Labute approximate surface area is 202 Å². The summed E-state index contributed by atoms with van der Waals surface area (Å²) in [4.78, 5) is 0. The van der Waals surface area contributed by atoms with E-state index in [0.29, 0.717) is 19.4 Å². The van der Waals surface area contributed by atoms with E-state index in [1.807, 2.05) is 0 Å². The molecule has 5 rings (SSSR count). The van der Waals surface area contributed by atoms with Gasteiger partial charge in [0.2, 0.25) is 0 Å². The van der Waals surface area contributed by atoms with Gasteiger partial charge in [0.1, 0.15) is 0 Å². The second kappa shape index (κ2) is 9.25. The highest BCUT2D eigenvalue weighted by Crippen LogP contribution is 2.31. The molecule has 174 valence electrons. The normalized spacial score (nSPS) is 13.2. The van der Waals surface area contributed by atoms with Crippen molar-refractivity contribution in [1.29, 1.82) is 0 Å². The summed E-state index contributed by atoms with van der Waals surface area (Å²) in [6.45, 7) is 4.89. The average Bonchev–Trinajstić information content (AvgIpc) is 3.20. The zero-order valence-corrected chi connectivity index (χ0v) is 20.4. The fourth-order valence-corrected chi connectivity index (χ4v) is 5.53. The highest BCUT2D eigenvalue weighted by molar-refractivity contribution is 6.02. The minimum atomic E-state index is -0.780. The number of nitrogens with one attached hydrogen (secondary N) is 1. The van der Waals surface area contributed by atoms with Crippen molar-refractivity contribution in [2.45, 2.75) is 51.3 Å². The maximum absolute atomic E-state index is 11.7. The van der Waals surface area contributed by atoms with Crippen LogP contribution in [0.4, 0.5) is 0 Å². The van der Waals surface area contributed by atoms with Crippen LogP contribution in [0.5, 0.6) is 0 Å². The molecule has 1 heterocycles. The van der Waals surface area contributed by atoms with Crippen molar-refractivity contribution in [2.24, 2.45) is 7.05 Å². The van der Waals surface area contributed by atoms with Gasteiger partial charge in [0.05, 0.1) is 5.60 Å². The highest BCUT2D eigenvalue weighted by atomic mass is 16.3. The number of aromatic nitrogens is 1. The van der Waals surface area contributed by atoms with Gasteiger partial charge in [-0.3, -0.25) is 0 Å². The zero-order chi connectivity index (χ0) is 23.7. The lowest BCUT2D eigenvalue weighted by Crippen LogP contribution is -2.51. The van der Waals surface area contributed by atoms with E-state index in [4.69, 9.17) is 0 Å². The molecule has 3 heteroatoms. The van der Waals surface area contributed by atoms with Crippen molar-refractivity contribution in [3.63, 3.8) is 0 Å². The molecule has 4 aromatic carbocycles. The van der Waals surface area contributed by atoms with Gasteiger partial charge < -0.3 is 15.0 Å². The molecule has 5 aromatic rings. The number of hydrogen-bond acceptors (Lipinski definition) is 2. The minimum Gasteiger partial charge on any atom is -0.388 e. The SMILES string of the molecule is CCC(O)(CC)[C@H](Cc1cn(C)c2ccccc12)NCc1c2ccccc2cc2ccccc12. The third-order valence-electron chi connectivity index (χ3n) is 7.68. The van der Waals surface area contributed by atoms with Crippen LogP contribution in [0.1, 0.15) is 37.8 Å². The van der Waals surface area contributed by atoms with Crippen LogP contribution in [0.3, 0.4) is 0 Å². The van der Waals surface area contributed by atoms with E-state index >= 15 is 0 Å². The largest absolute Gasteiger partial charge is 0.388 e. The molecular formula is C31H34N2O. The van der Waals surface area contributed by atoms with Crippen LogP contribution in [-0.2, 0) is 20.0 Å². The Morgan fingerprint density at radius 1 is 0.824 bits per heavy atom.